The number of hydrogen-bond donors (Lipinski definition) is 0. The van der Waals surface area contributed by atoms with E-state index in [2.05, 4.69) is 56.9 Å². The quantitative estimate of drug-likeness (QED) is 0.170. The Labute approximate surface area is 210 Å². The molecule has 0 heterocycles. The number of nitrogens with zero attached hydrogens (tertiary/aromatic N) is 1. The number of hydrogen-bond acceptors (Lipinski definition) is 3. The first-order chi connectivity index (χ1) is 14.1. The molecule has 0 aliphatic carbocycles. The van der Waals surface area contributed by atoms with Crippen LogP contribution in [-0.4, -0.2) is 30.5 Å². The molecule has 3 nitrogen and oxygen atoms in total. The van der Waals surface area contributed by atoms with Crippen molar-refractivity contribution < 1.29 is 39.5 Å². The number of carboxylic acid groups (broad SMARTS) is 1. The first-order valence-corrected chi connectivity index (χ1v) is 12.2. The first kappa shape index (κ1) is 32.1. The zero-order valence-electron chi connectivity index (χ0n) is 20.8. The molecule has 0 radical (unpaired) electrons. The van der Waals surface area contributed by atoms with E-state index >= 15 is 0 Å². The van der Waals surface area contributed by atoms with Gasteiger partial charge in [0.1, 0.15) is 0 Å². The van der Waals surface area contributed by atoms with Gasteiger partial charge < -0.3 is 9.90 Å². The van der Waals surface area contributed by atoms with Crippen molar-refractivity contribution >= 4 is 5.97 Å². The van der Waals surface area contributed by atoms with Gasteiger partial charge in [0, 0.05) is 19.6 Å². The van der Waals surface area contributed by atoms with Gasteiger partial charge in [-0.25, -0.2) is 0 Å². The minimum Gasteiger partial charge on any atom is -0.549 e. The molecule has 0 bridgehead atoms. The Morgan fingerprint density at radius 2 is 1.23 bits per heavy atom. The predicted octanol–water partition coefficient (Wildman–Crippen LogP) is 3.15. The van der Waals surface area contributed by atoms with Crippen molar-refractivity contribution in [3.63, 3.8) is 0 Å². The van der Waals surface area contributed by atoms with Gasteiger partial charge in [-0.2, -0.15) is 0 Å². The van der Waals surface area contributed by atoms with E-state index in [0.29, 0.717) is 11.8 Å². The van der Waals surface area contributed by atoms with Crippen molar-refractivity contribution in [2.24, 2.45) is 11.8 Å². The Kier molecular flexibility index (Phi) is 25.2. The molecule has 0 aromatic rings. The SMILES string of the molecule is C/C=C/CCCCCC(CC)CN(CC(=O)[O-])CC(CC)CCCCC/C=C/C.[Na+]. The second kappa shape index (κ2) is 23.6. The molecule has 0 saturated carbocycles. The van der Waals surface area contributed by atoms with Crippen LogP contribution in [0.3, 0.4) is 0 Å². The largest absolute Gasteiger partial charge is 1.00 e. The Balaban J connectivity index is 0. The summed E-state index contributed by atoms with van der Waals surface area (Å²) in [7, 11) is 0. The normalized spacial score (nSPS) is 13.8. The molecule has 0 aromatic carbocycles. The summed E-state index contributed by atoms with van der Waals surface area (Å²) < 4.78 is 0. The third kappa shape index (κ3) is 19.8. The molecule has 0 rings (SSSR count). The fourth-order valence-corrected chi connectivity index (χ4v) is 4.04. The summed E-state index contributed by atoms with van der Waals surface area (Å²) >= 11 is 0. The van der Waals surface area contributed by atoms with E-state index in [-0.39, 0.29) is 36.1 Å². The molecule has 0 aliphatic heterocycles. The number of carboxylic acids is 1. The molecule has 0 N–H and O–H groups in total. The van der Waals surface area contributed by atoms with Crippen LogP contribution in [0.2, 0.25) is 0 Å². The van der Waals surface area contributed by atoms with Gasteiger partial charge in [0.15, 0.2) is 0 Å². The number of allylic oxidation sites excluding steroid dienone is 4. The fourth-order valence-electron chi connectivity index (χ4n) is 4.04. The molecule has 4 heteroatoms. The van der Waals surface area contributed by atoms with E-state index in [0.717, 1.165) is 25.9 Å². The molecule has 0 aromatic heterocycles. The number of carbonyl (C=O) groups is 1. The summed E-state index contributed by atoms with van der Waals surface area (Å²) in [5.74, 6) is 0.247. The van der Waals surface area contributed by atoms with Crippen LogP contribution in [0.4, 0.5) is 0 Å². The summed E-state index contributed by atoms with van der Waals surface area (Å²) in [6.45, 7) is 10.5. The van der Waals surface area contributed by atoms with Gasteiger partial charge >= 0.3 is 29.6 Å². The van der Waals surface area contributed by atoms with E-state index in [9.17, 15) is 9.90 Å². The molecule has 0 aliphatic rings. The van der Waals surface area contributed by atoms with Crippen LogP contribution in [0.25, 0.3) is 0 Å². The maximum absolute atomic E-state index is 11.3. The standard InChI is InChI=1S/C26H49NO2.Na/c1-5-9-11-13-15-17-19-24(7-3)21-27(23-26(28)29)22-25(8-4)20-18-16-14-12-10-6-2;/h5-6,9-10,24-25H,7-8,11-23H2,1-4H3,(H,28,29);/q;+1/p-1/b9-5+,10-6+;. The molecule has 0 saturated heterocycles. The van der Waals surface area contributed by atoms with Crippen LogP contribution in [0.5, 0.6) is 0 Å². The average Bonchev–Trinajstić information content (AvgIpc) is 2.70. The van der Waals surface area contributed by atoms with Crippen LogP contribution < -0.4 is 34.7 Å². The molecule has 30 heavy (non-hydrogen) atoms. The smallest absolute Gasteiger partial charge is 0.549 e. The van der Waals surface area contributed by atoms with E-state index in [1.54, 1.807) is 0 Å². The monoisotopic (exact) mass is 429 g/mol. The maximum Gasteiger partial charge on any atom is 1.00 e. The van der Waals surface area contributed by atoms with E-state index in [1.165, 1.54) is 64.2 Å². The minimum atomic E-state index is -0.938. The number of unbranched alkanes of at least 4 members (excludes halogenated alkanes) is 6. The van der Waals surface area contributed by atoms with Gasteiger partial charge in [-0.3, -0.25) is 4.90 Å². The van der Waals surface area contributed by atoms with Crippen molar-refractivity contribution in [3.05, 3.63) is 24.3 Å². The zero-order valence-corrected chi connectivity index (χ0v) is 22.8. The molecule has 0 amide bonds. The zero-order chi connectivity index (χ0) is 21.7. The first-order valence-electron chi connectivity index (χ1n) is 12.2. The summed E-state index contributed by atoms with van der Waals surface area (Å²) in [6.07, 6.45) is 23.3. The molecular formula is C26H48NNaO2. The Bertz CT molecular complexity index is 405. The van der Waals surface area contributed by atoms with E-state index < -0.39 is 5.97 Å². The Morgan fingerprint density at radius 1 is 0.800 bits per heavy atom. The predicted molar refractivity (Wildman–Crippen MR) is 125 cm³/mol. The van der Waals surface area contributed by atoms with Gasteiger partial charge in [-0.15, -0.1) is 0 Å². The fraction of sp³-hybridized carbons (Fsp3) is 0.808. The molecule has 170 valence electrons. The summed E-state index contributed by atoms with van der Waals surface area (Å²) in [5.41, 5.74) is 0. The van der Waals surface area contributed by atoms with Gasteiger partial charge in [-0.05, 0) is 64.2 Å². The Morgan fingerprint density at radius 3 is 1.57 bits per heavy atom. The second-order valence-electron chi connectivity index (χ2n) is 8.53. The van der Waals surface area contributed by atoms with Crippen LogP contribution in [0, 0.1) is 11.8 Å². The molecule has 0 spiro atoms. The Hall–Kier alpha value is -0.0900. The van der Waals surface area contributed by atoms with Crippen LogP contribution in [0.1, 0.15) is 105 Å². The topological polar surface area (TPSA) is 43.4 Å². The number of rotatable bonds is 20. The molecule has 2 unspecified atom stereocenters. The molecular weight excluding hydrogens is 381 g/mol. The van der Waals surface area contributed by atoms with E-state index in [4.69, 9.17) is 0 Å². The minimum absolute atomic E-state index is 0. The van der Waals surface area contributed by atoms with Gasteiger partial charge in [-0.1, -0.05) is 76.7 Å². The van der Waals surface area contributed by atoms with Crippen LogP contribution in [-0.2, 0) is 4.79 Å². The van der Waals surface area contributed by atoms with Crippen molar-refractivity contribution in [3.8, 4) is 0 Å². The average molecular weight is 430 g/mol. The van der Waals surface area contributed by atoms with Crippen LogP contribution >= 0.6 is 0 Å². The van der Waals surface area contributed by atoms with Crippen molar-refractivity contribution in [2.45, 2.75) is 105 Å². The maximum atomic E-state index is 11.3. The number of aliphatic carboxylic acids is 1. The van der Waals surface area contributed by atoms with Gasteiger partial charge in [0.25, 0.3) is 0 Å². The van der Waals surface area contributed by atoms with Crippen LogP contribution in [0.15, 0.2) is 24.3 Å². The second-order valence-corrected chi connectivity index (χ2v) is 8.53. The third-order valence-corrected chi connectivity index (χ3v) is 5.98. The van der Waals surface area contributed by atoms with Crippen molar-refractivity contribution in [2.75, 3.05) is 19.6 Å². The summed E-state index contributed by atoms with van der Waals surface area (Å²) in [5, 5.41) is 11.3. The van der Waals surface area contributed by atoms with E-state index in [1.807, 2.05) is 0 Å². The third-order valence-electron chi connectivity index (χ3n) is 5.98. The van der Waals surface area contributed by atoms with Crippen molar-refractivity contribution in [1.82, 2.24) is 4.90 Å². The summed E-state index contributed by atoms with van der Waals surface area (Å²) in [4.78, 5) is 13.5. The van der Waals surface area contributed by atoms with Crippen molar-refractivity contribution in [1.29, 1.82) is 0 Å². The van der Waals surface area contributed by atoms with Gasteiger partial charge in [0.2, 0.25) is 0 Å². The molecule has 0 fully saturated rings. The molecule has 2 atom stereocenters. The number of carbonyl (C=O) groups excluding carboxylic acids is 1. The summed E-state index contributed by atoms with van der Waals surface area (Å²) in [6, 6.07) is 0. The van der Waals surface area contributed by atoms with Gasteiger partial charge in [0.05, 0.1) is 5.97 Å².